The molecule has 0 spiro atoms. The Labute approximate surface area is 203 Å². The number of aliphatic carboxylic acids is 1. The number of likely N-dealkylation sites (N-methyl/N-ethyl adjacent to an activating group) is 1. The third kappa shape index (κ3) is 6.00. The molecule has 0 aliphatic carbocycles. The quantitative estimate of drug-likeness (QED) is 0.344. The first-order valence-electron chi connectivity index (χ1n) is 11.4. The third-order valence-corrected chi connectivity index (χ3v) is 6.37. The highest BCUT2D eigenvalue weighted by molar-refractivity contribution is 7.10. The largest absolute Gasteiger partial charge is 0.478 e. The molecule has 9 nitrogen and oxygen atoms in total. The van der Waals surface area contributed by atoms with E-state index in [2.05, 4.69) is 10.3 Å². The molecule has 3 rings (SSSR count). The Balaban J connectivity index is 1.90. The molecular weight excluding hydrogens is 456 g/mol. The fraction of sp³-hybridized carbons (Fsp3) is 0.417. The van der Waals surface area contributed by atoms with Crippen molar-refractivity contribution in [3.8, 4) is 0 Å². The standard InChI is InChI=1S/C24H30N4O5S/c1-3-27-23(30)21(26-17-10-8-13-25-16-17)20(24(31)32)22(18-11-9-15-34-18)28(27)14-7-5-6-12-19(29)33-4-2/h8-11,13,15-16,22,26H,3-7,12,14H2,1-2H3,(H,31,32). The lowest BCUT2D eigenvalue weighted by Crippen LogP contribution is -2.55. The number of esters is 1. The van der Waals surface area contributed by atoms with Crippen LogP contribution in [0.15, 0.2) is 53.3 Å². The van der Waals surface area contributed by atoms with E-state index in [4.69, 9.17) is 4.74 Å². The maximum atomic E-state index is 13.5. The van der Waals surface area contributed by atoms with Crippen molar-refractivity contribution in [1.29, 1.82) is 0 Å². The van der Waals surface area contributed by atoms with Gasteiger partial charge in [-0.1, -0.05) is 12.5 Å². The molecule has 3 heterocycles. The Morgan fingerprint density at radius 2 is 2.03 bits per heavy atom. The molecule has 1 amide bonds. The van der Waals surface area contributed by atoms with Crippen LogP contribution in [0.5, 0.6) is 0 Å². The minimum absolute atomic E-state index is 0.00697. The summed E-state index contributed by atoms with van der Waals surface area (Å²) < 4.78 is 4.97. The molecule has 182 valence electrons. The van der Waals surface area contributed by atoms with Gasteiger partial charge in [0.25, 0.3) is 5.91 Å². The highest BCUT2D eigenvalue weighted by Crippen LogP contribution is 2.39. The van der Waals surface area contributed by atoms with Crippen molar-refractivity contribution in [2.24, 2.45) is 0 Å². The molecule has 34 heavy (non-hydrogen) atoms. The van der Waals surface area contributed by atoms with E-state index in [1.165, 1.54) is 11.3 Å². The van der Waals surface area contributed by atoms with E-state index in [1.807, 2.05) is 29.4 Å². The number of pyridine rings is 1. The van der Waals surface area contributed by atoms with E-state index in [9.17, 15) is 19.5 Å². The molecule has 10 heteroatoms. The first-order chi connectivity index (χ1) is 16.5. The van der Waals surface area contributed by atoms with Gasteiger partial charge in [-0.3, -0.25) is 19.6 Å². The van der Waals surface area contributed by atoms with E-state index in [-0.39, 0.29) is 17.2 Å². The van der Waals surface area contributed by atoms with Gasteiger partial charge in [0.2, 0.25) is 0 Å². The number of nitrogens with zero attached hydrogens (tertiary/aromatic N) is 3. The summed E-state index contributed by atoms with van der Waals surface area (Å²) in [5.41, 5.74) is 0.588. The van der Waals surface area contributed by atoms with Crippen LogP contribution in [-0.4, -0.2) is 57.7 Å². The lowest BCUT2D eigenvalue weighted by Gasteiger charge is -2.44. The Morgan fingerprint density at radius 3 is 2.65 bits per heavy atom. The van der Waals surface area contributed by atoms with Crippen LogP contribution in [0.1, 0.15) is 50.4 Å². The van der Waals surface area contributed by atoms with Crippen LogP contribution < -0.4 is 5.32 Å². The van der Waals surface area contributed by atoms with Gasteiger partial charge in [0.05, 0.1) is 30.1 Å². The number of amides is 1. The van der Waals surface area contributed by atoms with Gasteiger partial charge in [-0.05, 0) is 50.3 Å². The zero-order valence-corrected chi connectivity index (χ0v) is 20.2. The van der Waals surface area contributed by atoms with E-state index in [0.29, 0.717) is 44.6 Å². The summed E-state index contributed by atoms with van der Waals surface area (Å²) in [6.07, 6.45) is 5.63. The summed E-state index contributed by atoms with van der Waals surface area (Å²) in [4.78, 5) is 42.5. The summed E-state index contributed by atoms with van der Waals surface area (Å²) in [6.45, 7) is 4.86. The van der Waals surface area contributed by atoms with Crippen molar-refractivity contribution in [3.63, 3.8) is 0 Å². The van der Waals surface area contributed by atoms with Gasteiger partial charge in [-0.2, -0.15) is 0 Å². The summed E-state index contributed by atoms with van der Waals surface area (Å²) in [6, 6.07) is 6.58. The van der Waals surface area contributed by atoms with Crippen molar-refractivity contribution in [2.75, 3.05) is 25.0 Å². The summed E-state index contributed by atoms with van der Waals surface area (Å²) >= 11 is 1.45. The molecule has 0 fully saturated rings. The summed E-state index contributed by atoms with van der Waals surface area (Å²) in [5, 5.41) is 18.6. The second-order valence-corrected chi connectivity index (χ2v) is 8.66. The van der Waals surface area contributed by atoms with Crippen molar-refractivity contribution < 1.29 is 24.2 Å². The summed E-state index contributed by atoms with van der Waals surface area (Å²) in [7, 11) is 0. The Morgan fingerprint density at radius 1 is 1.21 bits per heavy atom. The Kier molecular flexibility index (Phi) is 9.17. The average molecular weight is 487 g/mol. The Bertz CT molecular complexity index is 1010. The first kappa shape index (κ1) is 25.4. The summed E-state index contributed by atoms with van der Waals surface area (Å²) in [5.74, 6) is -1.77. The highest BCUT2D eigenvalue weighted by Gasteiger charge is 2.43. The number of anilines is 1. The maximum absolute atomic E-state index is 13.5. The van der Waals surface area contributed by atoms with Gasteiger partial charge in [-0.25, -0.2) is 9.80 Å². The molecule has 2 aromatic heterocycles. The molecule has 0 radical (unpaired) electrons. The van der Waals surface area contributed by atoms with Gasteiger partial charge in [0, 0.05) is 30.6 Å². The fourth-order valence-electron chi connectivity index (χ4n) is 3.98. The number of thiophene rings is 1. The topological polar surface area (TPSA) is 112 Å². The number of carboxylic acids is 1. The van der Waals surface area contributed by atoms with Crippen molar-refractivity contribution in [3.05, 3.63) is 58.2 Å². The minimum atomic E-state index is -1.15. The average Bonchev–Trinajstić information content (AvgIpc) is 3.35. The second-order valence-electron chi connectivity index (χ2n) is 7.68. The van der Waals surface area contributed by atoms with E-state index < -0.39 is 17.9 Å². The number of carbonyl (C=O) groups excluding carboxylic acids is 2. The molecule has 1 aliphatic rings. The molecule has 2 N–H and O–H groups in total. The van der Waals surface area contributed by atoms with Gasteiger partial charge in [0.15, 0.2) is 0 Å². The number of nitrogens with one attached hydrogen (secondary N) is 1. The van der Waals surface area contributed by atoms with E-state index in [1.54, 1.807) is 36.5 Å². The number of carbonyl (C=O) groups is 3. The highest BCUT2D eigenvalue weighted by atomic mass is 32.1. The number of ether oxygens (including phenoxy) is 1. The van der Waals surface area contributed by atoms with Crippen molar-refractivity contribution in [2.45, 2.75) is 45.6 Å². The number of hydrogen-bond acceptors (Lipinski definition) is 8. The van der Waals surface area contributed by atoms with Gasteiger partial charge in [0.1, 0.15) is 5.70 Å². The van der Waals surface area contributed by atoms with Crippen LogP contribution >= 0.6 is 11.3 Å². The van der Waals surface area contributed by atoms with Crippen molar-refractivity contribution >= 4 is 34.9 Å². The lowest BCUT2D eigenvalue weighted by molar-refractivity contribution is -0.154. The molecule has 0 aromatic carbocycles. The van der Waals surface area contributed by atoms with Crippen LogP contribution in [0.4, 0.5) is 5.69 Å². The van der Waals surface area contributed by atoms with Gasteiger partial charge >= 0.3 is 11.9 Å². The number of hydrogen-bond donors (Lipinski definition) is 2. The predicted octanol–water partition coefficient (Wildman–Crippen LogP) is 3.84. The Hall–Kier alpha value is -3.24. The number of unbranched alkanes of at least 4 members (excludes halogenated alkanes) is 2. The monoisotopic (exact) mass is 486 g/mol. The number of rotatable bonds is 12. The molecule has 2 aromatic rings. The zero-order chi connectivity index (χ0) is 24.5. The molecule has 0 saturated carbocycles. The third-order valence-electron chi connectivity index (χ3n) is 5.45. The number of carboxylic acid groups (broad SMARTS) is 1. The number of hydrazine groups is 1. The van der Waals surface area contributed by atoms with Gasteiger partial charge in [-0.15, -0.1) is 11.3 Å². The number of aromatic nitrogens is 1. The van der Waals surface area contributed by atoms with E-state index >= 15 is 0 Å². The van der Waals surface area contributed by atoms with Crippen LogP contribution in [0.2, 0.25) is 0 Å². The fourth-order valence-corrected chi connectivity index (χ4v) is 4.82. The smallest absolute Gasteiger partial charge is 0.335 e. The van der Waals surface area contributed by atoms with Crippen LogP contribution in [0.3, 0.4) is 0 Å². The molecular formula is C24H30N4O5S. The lowest BCUT2D eigenvalue weighted by atomic mass is 9.98. The maximum Gasteiger partial charge on any atom is 0.335 e. The van der Waals surface area contributed by atoms with Crippen molar-refractivity contribution in [1.82, 2.24) is 15.0 Å². The zero-order valence-electron chi connectivity index (χ0n) is 19.4. The molecule has 1 aliphatic heterocycles. The minimum Gasteiger partial charge on any atom is -0.478 e. The normalized spacial score (nSPS) is 16.6. The van der Waals surface area contributed by atoms with Gasteiger partial charge < -0.3 is 15.2 Å². The predicted molar refractivity (Wildman–Crippen MR) is 129 cm³/mol. The van der Waals surface area contributed by atoms with Crippen LogP contribution in [0, 0.1) is 0 Å². The SMILES string of the molecule is CCOC(=O)CCCCCN1C(c2cccs2)C(C(=O)O)=C(Nc2cccnc2)C(=O)N1CC. The van der Waals surface area contributed by atoms with E-state index in [0.717, 1.165) is 11.3 Å². The molecule has 1 unspecified atom stereocenters. The first-order valence-corrected chi connectivity index (χ1v) is 12.3. The molecule has 0 saturated heterocycles. The second kappa shape index (κ2) is 12.3. The molecule has 0 bridgehead atoms. The molecule has 1 atom stereocenters. The van der Waals surface area contributed by atoms with Crippen LogP contribution in [0.25, 0.3) is 0 Å². The van der Waals surface area contributed by atoms with Crippen LogP contribution in [-0.2, 0) is 19.1 Å².